The van der Waals surface area contributed by atoms with Gasteiger partial charge in [0.15, 0.2) is 5.82 Å². The number of aromatic nitrogens is 3. The summed E-state index contributed by atoms with van der Waals surface area (Å²) in [5.41, 5.74) is 4.92. The van der Waals surface area contributed by atoms with Crippen LogP contribution in [0.5, 0.6) is 5.75 Å². The fourth-order valence-corrected chi connectivity index (χ4v) is 4.74. The molecule has 2 aromatic heterocycles. The van der Waals surface area contributed by atoms with Crippen molar-refractivity contribution >= 4 is 5.82 Å². The number of pyridine rings is 1. The van der Waals surface area contributed by atoms with Crippen LogP contribution in [-0.2, 0) is 12.8 Å². The zero-order chi connectivity index (χ0) is 21.2. The number of rotatable bonds is 5. The molecule has 0 amide bonds. The minimum Gasteiger partial charge on any atom is -0.497 e. The second-order valence-electron chi connectivity index (χ2n) is 8.36. The molecule has 1 aliphatic carbocycles. The molecule has 1 atom stereocenters. The molecule has 0 radical (unpaired) electrons. The molecule has 1 fully saturated rings. The highest BCUT2D eigenvalue weighted by Gasteiger charge is 2.28. The Bertz CT molecular complexity index is 1050. The fourth-order valence-electron chi connectivity index (χ4n) is 4.74. The van der Waals surface area contributed by atoms with Crippen molar-refractivity contribution in [3.05, 3.63) is 65.6 Å². The van der Waals surface area contributed by atoms with Crippen LogP contribution in [0.2, 0.25) is 0 Å². The Hall–Kier alpha value is -2.99. The first-order valence-electron chi connectivity index (χ1n) is 11.2. The number of piperazine rings is 1. The van der Waals surface area contributed by atoms with E-state index in [2.05, 4.69) is 39.9 Å². The third kappa shape index (κ3) is 4.00. The first-order chi connectivity index (χ1) is 15.2. The van der Waals surface area contributed by atoms with Crippen molar-refractivity contribution in [1.29, 1.82) is 0 Å². The number of nitrogens with zero attached hydrogens (tertiary/aromatic N) is 5. The van der Waals surface area contributed by atoms with E-state index in [9.17, 15) is 0 Å². The van der Waals surface area contributed by atoms with Crippen molar-refractivity contribution in [2.75, 3.05) is 38.2 Å². The van der Waals surface area contributed by atoms with E-state index in [1.165, 1.54) is 23.2 Å². The molecule has 3 aromatic rings. The van der Waals surface area contributed by atoms with Crippen LogP contribution in [0.3, 0.4) is 0 Å². The number of anilines is 1. The molecular weight excluding hydrogens is 386 g/mol. The molecule has 0 saturated carbocycles. The molecular formula is C25H29N5O. The Kier molecular flexibility index (Phi) is 5.55. The molecule has 31 heavy (non-hydrogen) atoms. The van der Waals surface area contributed by atoms with Gasteiger partial charge in [-0.3, -0.25) is 9.88 Å². The zero-order valence-corrected chi connectivity index (χ0v) is 18.3. The van der Waals surface area contributed by atoms with Crippen molar-refractivity contribution in [3.63, 3.8) is 0 Å². The second kappa shape index (κ2) is 8.63. The maximum Gasteiger partial charge on any atom is 0.161 e. The van der Waals surface area contributed by atoms with E-state index in [0.29, 0.717) is 6.04 Å². The minimum absolute atomic E-state index is 0.362. The lowest BCUT2D eigenvalue weighted by molar-refractivity contribution is 0.198. The van der Waals surface area contributed by atoms with Crippen molar-refractivity contribution in [3.8, 4) is 17.1 Å². The van der Waals surface area contributed by atoms with Crippen molar-refractivity contribution in [2.24, 2.45) is 0 Å². The summed E-state index contributed by atoms with van der Waals surface area (Å²) in [5, 5.41) is 0. The van der Waals surface area contributed by atoms with Crippen LogP contribution in [-0.4, -0.2) is 53.1 Å². The average Bonchev–Trinajstić information content (AvgIpc) is 3.32. The van der Waals surface area contributed by atoms with Gasteiger partial charge < -0.3 is 9.64 Å². The van der Waals surface area contributed by atoms with E-state index < -0.39 is 0 Å². The molecule has 0 N–H and O–H groups in total. The Balaban J connectivity index is 1.35. The largest absolute Gasteiger partial charge is 0.497 e. The van der Waals surface area contributed by atoms with Gasteiger partial charge in [0.1, 0.15) is 11.6 Å². The first-order valence-corrected chi connectivity index (χ1v) is 11.2. The van der Waals surface area contributed by atoms with Gasteiger partial charge in [-0.2, -0.15) is 0 Å². The van der Waals surface area contributed by atoms with Gasteiger partial charge >= 0.3 is 0 Å². The quantitative estimate of drug-likeness (QED) is 0.630. The fraction of sp³-hybridized carbons (Fsp3) is 0.400. The molecule has 3 heterocycles. The van der Waals surface area contributed by atoms with Gasteiger partial charge in [-0.1, -0.05) is 12.1 Å². The first kappa shape index (κ1) is 19.9. The van der Waals surface area contributed by atoms with Gasteiger partial charge in [0.05, 0.1) is 7.11 Å². The van der Waals surface area contributed by atoms with Gasteiger partial charge in [0.25, 0.3) is 0 Å². The van der Waals surface area contributed by atoms with E-state index >= 15 is 0 Å². The molecule has 6 heteroatoms. The summed E-state index contributed by atoms with van der Waals surface area (Å²) >= 11 is 0. The lowest BCUT2D eigenvalue weighted by Crippen LogP contribution is -2.47. The van der Waals surface area contributed by atoms with Crippen LogP contribution in [0.15, 0.2) is 48.8 Å². The molecule has 6 nitrogen and oxygen atoms in total. The number of fused-ring (bicyclic) bond motifs is 1. The SMILES string of the molecule is COc1cccc(C(C)N2CCN(c3nc(-c4ccncc4)nc4c3CCC4)CC2)c1. The minimum atomic E-state index is 0.362. The van der Waals surface area contributed by atoms with Crippen LogP contribution < -0.4 is 9.64 Å². The third-order valence-electron chi connectivity index (χ3n) is 6.59. The zero-order valence-electron chi connectivity index (χ0n) is 18.3. The topological polar surface area (TPSA) is 54.4 Å². The summed E-state index contributed by atoms with van der Waals surface area (Å²) in [6, 6.07) is 12.8. The highest BCUT2D eigenvalue weighted by atomic mass is 16.5. The maximum absolute atomic E-state index is 5.41. The molecule has 160 valence electrons. The van der Waals surface area contributed by atoms with E-state index in [1.54, 1.807) is 7.11 Å². The predicted octanol–water partition coefficient (Wildman–Crippen LogP) is 3.92. The Morgan fingerprint density at radius 3 is 2.55 bits per heavy atom. The standard InChI is InChI=1S/C25H29N5O/c1-18(20-5-3-6-21(17-20)31-2)29-13-15-30(16-14-29)25-22-7-4-8-23(22)27-24(28-25)19-9-11-26-12-10-19/h3,5-6,9-12,17-18H,4,7-8,13-16H2,1-2H3. The molecule has 2 aliphatic rings. The molecule has 0 spiro atoms. The highest BCUT2D eigenvalue weighted by molar-refractivity contribution is 5.61. The molecule has 1 saturated heterocycles. The highest BCUT2D eigenvalue weighted by Crippen LogP contribution is 2.33. The Labute approximate surface area is 183 Å². The molecule has 1 aromatic carbocycles. The summed E-state index contributed by atoms with van der Waals surface area (Å²) < 4.78 is 5.41. The van der Waals surface area contributed by atoms with Crippen LogP contribution in [0.1, 0.15) is 36.2 Å². The Morgan fingerprint density at radius 1 is 0.968 bits per heavy atom. The van der Waals surface area contributed by atoms with Gasteiger partial charge in [-0.15, -0.1) is 0 Å². The summed E-state index contributed by atoms with van der Waals surface area (Å²) in [5.74, 6) is 2.89. The number of methoxy groups -OCH3 is 1. The second-order valence-corrected chi connectivity index (χ2v) is 8.36. The predicted molar refractivity (Wildman–Crippen MR) is 122 cm³/mol. The lowest BCUT2D eigenvalue weighted by Gasteiger charge is -2.39. The summed E-state index contributed by atoms with van der Waals surface area (Å²) in [6.07, 6.45) is 6.93. The number of hydrogen-bond donors (Lipinski definition) is 0. The van der Waals surface area contributed by atoms with Crippen LogP contribution in [0.4, 0.5) is 5.82 Å². The van der Waals surface area contributed by atoms with Crippen molar-refractivity contribution < 1.29 is 4.74 Å². The summed E-state index contributed by atoms with van der Waals surface area (Å²) in [4.78, 5) is 19.1. The van der Waals surface area contributed by atoms with Crippen LogP contribution >= 0.6 is 0 Å². The van der Waals surface area contributed by atoms with E-state index in [4.69, 9.17) is 14.7 Å². The number of aryl methyl sites for hydroxylation is 1. The third-order valence-corrected chi connectivity index (χ3v) is 6.59. The van der Waals surface area contributed by atoms with Gasteiger partial charge in [0, 0.05) is 61.4 Å². The monoisotopic (exact) mass is 415 g/mol. The molecule has 0 bridgehead atoms. The average molecular weight is 416 g/mol. The van der Waals surface area contributed by atoms with Crippen molar-refractivity contribution in [1.82, 2.24) is 19.9 Å². The van der Waals surface area contributed by atoms with E-state index in [1.807, 2.05) is 30.6 Å². The van der Waals surface area contributed by atoms with E-state index in [0.717, 1.165) is 62.0 Å². The normalized spacial score (nSPS) is 17.4. The smallest absolute Gasteiger partial charge is 0.161 e. The number of benzene rings is 1. The molecule has 5 rings (SSSR count). The summed E-state index contributed by atoms with van der Waals surface area (Å²) in [7, 11) is 1.73. The number of hydrogen-bond acceptors (Lipinski definition) is 6. The molecule has 1 unspecified atom stereocenters. The van der Waals surface area contributed by atoms with Gasteiger partial charge in [-0.25, -0.2) is 9.97 Å². The van der Waals surface area contributed by atoms with E-state index in [-0.39, 0.29) is 0 Å². The van der Waals surface area contributed by atoms with Crippen molar-refractivity contribution in [2.45, 2.75) is 32.2 Å². The Morgan fingerprint density at radius 2 is 1.77 bits per heavy atom. The van der Waals surface area contributed by atoms with Gasteiger partial charge in [0.2, 0.25) is 0 Å². The molecule has 1 aliphatic heterocycles. The lowest BCUT2D eigenvalue weighted by atomic mass is 10.1. The van der Waals surface area contributed by atoms with Crippen LogP contribution in [0, 0.1) is 0 Å². The number of ether oxygens (including phenoxy) is 1. The maximum atomic E-state index is 5.41. The van der Waals surface area contributed by atoms with Crippen LogP contribution in [0.25, 0.3) is 11.4 Å². The van der Waals surface area contributed by atoms with Gasteiger partial charge in [-0.05, 0) is 56.0 Å². The summed E-state index contributed by atoms with van der Waals surface area (Å²) in [6.45, 7) is 6.28.